The normalized spacial score (nSPS) is 13.6. The van der Waals surface area contributed by atoms with Gasteiger partial charge in [0.15, 0.2) is 0 Å². The van der Waals surface area contributed by atoms with Crippen molar-refractivity contribution in [1.29, 1.82) is 0 Å². The molecule has 0 amide bonds. The monoisotopic (exact) mass is 403 g/mol. The van der Waals surface area contributed by atoms with Crippen molar-refractivity contribution in [2.45, 2.75) is 12.2 Å². The number of hydrogen-bond donors (Lipinski definition) is 1. The average molecular weight is 405 g/mol. The van der Waals surface area contributed by atoms with Crippen LogP contribution in [-0.2, 0) is 6.18 Å². The fourth-order valence-electron chi connectivity index (χ4n) is 1.78. The van der Waals surface area contributed by atoms with E-state index in [1.165, 1.54) is 18.2 Å². The summed E-state index contributed by atoms with van der Waals surface area (Å²) in [7, 11) is 0. The van der Waals surface area contributed by atoms with Crippen molar-refractivity contribution >= 4 is 50.5 Å². The lowest BCUT2D eigenvalue weighted by atomic mass is 9.96. The van der Waals surface area contributed by atoms with E-state index in [0.717, 1.165) is 17.4 Å². The summed E-state index contributed by atoms with van der Waals surface area (Å²) in [4.78, 5) is 0. The minimum absolute atomic E-state index is 0.0444. The summed E-state index contributed by atoms with van der Waals surface area (Å²) in [5.41, 5.74) is 5.47. The van der Waals surface area contributed by atoms with Crippen LogP contribution < -0.4 is 5.73 Å². The highest BCUT2D eigenvalue weighted by atomic mass is 79.9. The molecular weight excluding hydrogens is 398 g/mol. The Hall–Kier alpha value is -0.270. The molecule has 0 radical (unpaired) electrons. The molecule has 1 unspecified atom stereocenters. The van der Waals surface area contributed by atoms with Gasteiger partial charge in [-0.1, -0.05) is 45.2 Å². The number of thiophene rings is 1. The Kier molecular flexibility index (Phi) is 4.71. The number of alkyl halides is 3. The zero-order valence-corrected chi connectivity index (χ0v) is 13.6. The van der Waals surface area contributed by atoms with Crippen LogP contribution in [0.3, 0.4) is 0 Å². The van der Waals surface area contributed by atoms with Crippen LogP contribution in [0.1, 0.15) is 22.7 Å². The predicted molar refractivity (Wildman–Crippen MR) is 79.5 cm³/mol. The molecule has 1 aromatic heterocycles. The van der Waals surface area contributed by atoms with Crippen LogP contribution in [0.15, 0.2) is 28.7 Å². The highest BCUT2D eigenvalue weighted by Gasteiger charge is 2.35. The van der Waals surface area contributed by atoms with Gasteiger partial charge in [-0.05, 0) is 23.8 Å². The molecule has 0 aliphatic heterocycles. The van der Waals surface area contributed by atoms with E-state index >= 15 is 0 Å². The summed E-state index contributed by atoms with van der Waals surface area (Å²) < 4.78 is 40.2. The summed E-state index contributed by atoms with van der Waals surface area (Å²) in [6.45, 7) is 0. The van der Waals surface area contributed by atoms with E-state index in [1.54, 1.807) is 0 Å². The Morgan fingerprint density at radius 2 is 1.80 bits per heavy atom. The van der Waals surface area contributed by atoms with Crippen molar-refractivity contribution in [2.24, 2.45) is 5.73 Å². The summed E-state index contributed by atoms with van der Waals surface area (Å²) in [6.07, 6.45) is -4.50. The largest absolute Gasteiger partial charge is 0.416 e. The SMILES string of the molecule is NC(c1ccc(Br)cc1C(F)(F)F)c1cc(Cl)sc1Cl. The zero-order chi connectivity index (χ0) is 15.1. The minimum atomic E-state index is -4.50. The summed E-state index contributed by atoms with van der Waals surface area (Å²) in [5.74, 6) is 0. The van der Waals surface area contributed by atoms with Crippen LogP contribution in [0.25, 0.3) is 0 Å². The smallest absolute Gasteiger partial charge is 0.320 e. The molecule has 0 aliphatic rings. The van der Waals surface area contributed by atoms with E-state index in [2.05, 4.69) is 15.9 Å². The number of rotatable bonds is 2. The lowest BCUT2D eigenvalue weighted by molar-refractivity contribution is -0.138. The highest BCUT2D eigenvalue weighted by molar-refractivity contribution is 9.10. The van der Waals surface area contributed by atoms with E-state index < -0.39 is 17.8 Å². The van der Waals surface area contributed by atoms with Crippen molar-refractivity contribution in [2.75, 3.05) is 0 Å². The lowest BCUT2D eigenvalue weighted by Gasteiger charge is -2.18. The fourth-order valence-corrected chi connectivity index (χ4v) is 3.69. The molecule has 1 aromatic carbocycles. The third kappa shape index (κ3) is 3.31. The molecule has 8 heteroatoms. The molecule has 2 aromatic rings. The fraction of sp³-hybridized carbons (Fsp3) is 0.167. The van der Waals surface area contributed by atoms with Crippen LogP contribution >= 0.6 is 50.5 Å². The van der Waals surface area contributed by atoms with Gasteiger partial charge in [-0.3, -0.25) is 0 Å². The van der Waals surface area contributed by atoms with Gasteiger partial charge < -0.3 is 5.73 Å². The molecule has 1 heterocycles. The van der Waals surface area contributed by atoms with Gasteiger partial charge in [0.2, 0.25) is 0 Å². The van der Waals surface area contributed by atoms with Gasteiger partial charge in [0.05, 0.1) is 20.3 Å². The lowest BCUT2D eigenvalue weighted by Crippen LogP contribution is -2.18. The molecule has 108 valence electrons. The molecule has 0 spiro atoms. The van der Waals surface area contributed by atoms with E-state index in [-0.39, 0.29) is 5.56 Å². The predicted octanol–water partition coefficient (Wildman–Crippen LogP) is 5.88. The van der Waals surface area contributed by atoms with Crippen molar-refractivity contribution in [3.05, 3.63) is 54.1 Å². The summed E-state index contributed by atoms with van der Waals surface area (Å²) >= 11 is 15.8. The molecule has 0 saturated heterocycles. The number of nitrogens with two attached hydrogens (primary N) is 1. The number of benzene rings is 1. The van der Waals surface area contributed by atoms with Crippen LogP contribution in [-0.4, -0.2) is 0 Å². The first-order valence-corrected chi connectivity index (χ1v) is 7.63. The number of hydrogen-bond acceptors (Lipinski definition) is 2. The first-order chi connectivity index (χ1) is 9.20. The standard InChI is InChI=1S/C12H7BrCl2F3NS/c13-5-1-2-6(8(3-5)12(16,17)18)10(19)7-4-9(14)20-11(7)15/h1-4,10H,19H2. The van der Waals surface area contributed by atoms with Crippen molar-refractivity contribution in [3.63, 3.8) is 0 Å². The van der Waals surface area contributed by atoms with Gasteiger partial charge in [0, 0.05) is 10.0 Å². The van der Waals surface area contributed by atoms with Crippen LogP contribution in [0.4, 0.5) is 13.2 Å². The molecule has 2 rings (SSSR count). The van der Waals surface area contributed by atoms with Gasteiger partial charge >= 0.3 is 6.18 Å². The van der Waals surface area contributed by atoms with Gasteiger partial charge in [-0.15, -0.1) is 11.3 Å². The third-order valence-corrected chi connectivity index (χ3v) is 4.69. The average Bonchev–Trinajstić information content (AvgIpc) is 2.66. The maximum Gasteiger partial charge on any atom is 0.416 e. The van der Waals surface area contributed by atoms with Gasteiger partial charge in [-0.2, -0.15) is 13.2 Å². The van der Waals surface area contributed by atoms with E-state index in [9.17, 15) is 13.2 Å². The molecule has 0 fully saturated rings. The first kappa shape index (κ1) is 16.1. The quantitative estimate of drug-likeness (QED) is 0.663. The van der Waals surface area contributed by atoms with Gasteiger partial charge in [0.25, 0.3) is 0 Å². The van der Waals surface area contributed by atoms with E-state index in [0.29, 0.717) is 18.7 Å². The second-order valence-corrected chi connectivity index (χ2v) is 7.19. The first-order valence-electron chi connectivity index (χ1n) is 5.27. The maximum absolute atomic E-state index is 13.1. The molecule has 2 N–H and O–H groups in total. The van der Waals surface area contributed by atoms with Crippen molar-refractivity contribution in [1.82, 2.24) is 0 Å². The Morgan fingerprint density at radius 3 is 2.30 bits per heavy atom. The second-order valence-electron chi connectivity index (χ2n) is 3.99. The minimum Gasteiger partial charge on any atom is -0.320 e. The number of halogens is 6. The van der Waals surface area contributed by atoms with Gasteiger partial charge in [0.1, 0.15) is 0 Å². The van der Waals surface area contributed by atoms with E-state index in [4.69, 9.17) is 28.9 Å². The molecule has 20 heavy (non-hydrogen) atoms. The topological polar surface area (TPSA) is 26.0 Å². The molecule has 1 atom stereocenters. The van der Waals surface area contributed by atoms with Gasteiger partial charge in [-0.25, -0.2) is 0 Å². The van der Waals surface area contributed by atoms with Crippen molar-refractivity contribution < 1.29 is 13.2 Å². The Morgan fingerprint density at radius 1 is 1.15 bits per heavy atom. The zero-order valence-electron chi connectivity index (χ0n) is 9.64. The maximum atomic E-state index is 13.1. The van der Waals surface area contributed by atoms with Crippen LogP contribution in [0.2, 0.25) is 8.67 Å². The van der Waals surface area contributed by atoms with E-state index in [1.807, 2.05) is 0 Å². The molecule has 0 saturated carbocycles. The molecule has 1 nitrogen and oxygen atoms in total. The molecular formula is C12H7BrCl2F3NS. The van der Waals surface area contributed by atoms with Crippen LogP contribution in [0, 0.1) is 0 Å². The summed E-state index contributed by atoms with van der Waals surface area (Å²) in [6, 6.07) is 4.33. The van der Waals surface area contributed by atoms with Crippen LogP contribution in [0.5, 0.6) is 0 Å². The third-order valence-electron chi connectivity index (χ3n) is 2.67. The summed E-state index contributed by atoms with van der Waals surface area (Å²) in [5, 5.41) is 0. The molecule has 0 aliphatic carbocycles. The Bertz CT molecular complexity index is 642. The van der Waals surface area contributed by atoms with Crippen molar-refractivity contribution in [3.8, 4) is 0 Å². The second kappa shape index (κ2) is 5.85. The highest BCUT2D eigenvalue weighted by Crippen LogP contribution is 2.41. The Balaban J connectivity index is 2.55. The molecule has 0 bridgehead atoms. The Labute approximate surface area is 135 Å².